The molecule has 2 unspecified atom stereocenters. The fourth-order valence-electron chi connectivity index (χ4n) is 3.24. The fourth-order valence-corrected chi connectivity index (χ4v) is 5.20. The van der Waals surface area contributed by atoms with Gasteiger partial charge in [-0.1, -0.05) is 11.6 Å². The summed E-state index contributed by atoms with van der Waals surface area (Å²) in [4.78, 5) is 0.376. The van der Waals surface area contributed by atoms with E-state index in [4.69, 9.17) is 11.6 Å². The van der Waals surface area contributed by atoms with Gasteiger partial charge in [0.05, 0.1) is 4.90 Å². The molecule has 0 aromatic heterocycles. The molecule has 2 aliphatic rings. The number of halogens is 1. The summed E-state index contributed by atoms with van der Waals surface area (Å²) >= 11 is 5.91. The first-order valence-corrected chi connectivity index (χ1v) is 8.80. The second-order valence-electron chi connectivity index (χ2n) is 5.69. The second kappa shape index (κ2) is 5.30. The average molecular weight is 315 g/mol. The molecular weight excluding hydrogens is 296 g/mol. The lowest BCUT2D eigenvalue weighted by molar-refractivity contribution is 0.339. The molecule has 2 aliphatic heterocycles. The monoisotopic (exact) mass is 314 g/mol. The van der Waals surface area contributed by atoms with Crippen LogP contribution in [0.5, 0.6) is 0 Å². The van der Waals surface area contributed by atoms with Gasteiger partial charge in [-0.05, 0) is 56.0 Å². The minimum atomic E-state index is -3.41. The number of aryl methyl sites for hydroxylation is 1. The van der Waals surface area contributed by atoms with Crippen LogP contribution in [0.4, 0.5) is 0 Å². The van der Waals surface area contributed by atoms with E-state index in [1.54, 1.807) is 29.4 Å². The molecule has 2 fully saturated rings. The number of piperidine rings is 1. The lowest BCUT2D eigenvalue weighted by Gasteiger charge is -2.24. The van der Waals surface area contributed by atoms with Gasteiger partial charge in [-0.3, -0.25) is 0 Å². The van der Waals surface area contributed by atoms with Gasteiger partial charge in [0.2, 0.25) is 10.0 Å². The Bertz CT molecular complexity index is 604. The van der Waals surface area contributed by atoms with E-state index in [-0.39, 0.29) is 0 Å². The highest BCUT2D eigenvalue weighted by Crippen LogP contribution is 2.31. The molecule has 2 saturated heterocycles. The van der Waals surface area contributed by atoms with Gasteiger partial charge in [0.25, 0.3) is 0 Å². The molecular formula is C14H19ClN2O2S. The van der Waals surface area contributed by atoms with Crippen LogP contribution in [0.3, 0.4) is 0 Å². The molecule has 4 nitrogen and oxygen atoms in total. The molecule has 0 amide bonds. The molecule has 0 saturated carbocycles. The van der Waals surface area contributed by atoms with Crippen LogP contribution in [0.1, 0.15) is 18.4 Å². The third-order valence-electron chi connectivity index (χ3n) is 4.32. The van der Waals surface area contributed by atoms with E-state index in [1.165, 1.54) is 0 Å². The number of nitrogens with zero attached hydrogens (tertiary/aromatic N) is 1. The van der Waals surface area contributed by atoms with Crippen molar-refractivity contribution >= 4 is 21.6 Å². The average Bonchev–Trinajstić information content (AvgIpc) is 2.82. The zero-order valence-corrected chi connectivity index (χ0v) is 13.0. The van der Waals surface area contributed by atoms with Crippen molar-refractivity contribution in [3.05, 3.63) is 28.8 Å². The van der Waals surface area contributed by atoms with Crippen LogP contribution in [-0.4, -0.2) is 38.4 Å². The summed E-state index contributed by atoms with van der Waals surface area (Å²) in [7, 11) is -3.41. The molecule has 2 atom stereocenters. The number of sulfonamides is 1. The quantitative estimate of drug-likeness (QED) is 0.908. The SMILES string of the molecule is Cc1cc(Cl)ccc1S(=O)(=O)N1CC2CCCNC2C1. The Hall–Kier alpha value is -0.620. The third-order valence-corrected chi connectivity index (χ3v) is 6.55. The standard InChI is InChI=1S/C14H19ClN2O2S/c1-10-7-12(15)4-5-14(10)20(18,19)17-8-11-3-2-6-16-13(11)9-17/h4-5,7,11,13,16H,2-3,6,8-9H2,1H3. The Balaban J connectivity index is 1.89. The minimum Gasteiger partial charge on any atom is -0.312 e. The van der Waals surface area contributed by atoms with Crippen molar-refractivity contribution in [1.29, 1.82) is 0 Å². The maximum absolute atomic E-state index is 12.8. The number of hydrogen-bond donors (Lipinski definition) is 1. The van der Waals surface area contributed by atoms with Gasteiger partial charge in [-0.2, -0.15) is 4.31 Å². The number of fused-ring (bicyclic) bond motifs is 1. The molecule has 3 rings (SSSR count). The van der Waals surface area contributed by atoms with Crippen molar-refractivity contribution < 1.29 is 8.42 Å². The van der Waals surface area contributed by atoms with Gasteiger partial charge in [-0.15, -0.1) is 0 Å². The van der Waals surface area contributed by atoms with Crippen molar-refractivity contribution in [2.75, 3.05) is 19.6 Å². The lowest BCUT2D eigenvalue weighted by atomic mass is 9.94. The molecule has 0 aliphatic carbocycles. The van der Waals surface area contributed by atoms with Crippen molar-refractivity contribution in [2.24, 2.45) is 5.92 Å². The summed E-state index contributed by atoms with van der Waals surface area (Å²) < 4.78 is 27.2. The Kier molecular flexibility index (Phi) is 3.79. The summed E-state index contributed by atoms with van der Waals surface area (Å²) in [5.74, 6) is 0.450. The zero-order chi connectivity index (χ0) is 14.3. The first kappa shape index (κ1) is 14.3. The molecule has 0 spiro atoms. The lowest BCUT2D eigenvalue weighted by Crippen LogP contribution is -2.41. The van der Waals surface area contributed by atoms with Gasteiger partial charge >= 0.3 is 0 Å². The van der Waals surface area contributed by atoms with Crippen LogP contribution in [-0.2, 0) is 10.0 Å². The van der Waals surface area contributed by atoms with E-state index >= 15 is 0 Å². The predicted octanol–water partition coefficient (Wildman–Crippen LogP) is 2.02. The van der Waals surface area contributed by atoms with Crippen molar-refractivity contribution in [3.8, 4) is 0 Å². The number of rotatable bonds is 2. The molecule has 1 aromatic rings. The Labute approximate surface area is 125 Å². The fraction of sp³-hybridized carbons (Fsp3) is 0.571. The van der Waals surface area contributed by atoms with Crippen LogP contribution in [0, 0.1) is 12.8 Å². The summed E-state index contributed by atoms with van der Waals surface area (Å²) in [6.07, 6.45) is 2.25. The maximum Gasteiger partial charge on any atom is 0.243 e. The smallest absolute Gasteiger partial charge is 0.243 e. The van der Waals surface area contributed by atoms with E-state index in [1.807, 2.05) is 0 Å². The molecule has 1 aromatic carbocycles. The predicted molar refractivity (Wildman–Crippen MR) is 79.5 cm³/mol. The van der Waals surface area contributed by atoms with Crippen LogP contribution >= 0.6 is 11.6 Å². The first-order chi connectivity index (χ1) is 9.48. The zero-order valence-electron chi connectivity index (χ0n) is 11.5. The second-order valence-corrected chi connectivity index (χ2v) is 8.04. The van der Waals surface area contributed by atoms with Gasteiger partial charge in [0.15, 0.2) is 0 Å². The number of benzene rings is 1. The Morgan fingerprint density at radius 1 is 1.35 bits per heavy atom. The van der Waals surface area contributed by atoms with Crippen molar-refractivity contribution in [1.82, 2.24) is 9.62 Å². The van der Waals surface area contributed by atoms with Crippen molar-refractivity contribution in [3.63, 3.8) is 0 Å². The Morgan fingerprint density at radius 3 is 2.85 bits per heavy atom. The molecule has 0 bridgehead atoms. The topological polar surface area (TPSA) is 49.4 Å². The molecule has 0 radical (unpaired) electrons. The van der Waals surface area contributed by atoms with E-state index in [9.17, 15) is 8.42 Å². The van der Waals surface area contributed by atoms with Crippen LogP contribution < -0.4 is 5.32 Å². The number of nitrogens with one attached hydrogen (secondary N) is 1. The summed E-state index contributed by atoms with van der Waals surface area (Å²) in [5.41, 5.74) is 0.709. The van der Waals surface area contributed by atoms with E-state index in [0.717, 1.165) is 19.4 Å². The number of hydrogen-bond acceptors (Lipinski definition) is 3. The van der Waals surface area contributed by atoms with Gasteiger partial charge < -0.3 is 5.32 Å². The Morgan fingerprint density at radius 2 is 2.15 bits per heavy atom. The van der Waals surface area contributed by atoms with E-state index < -0.39 is 10.0 Å². The minimum absolute atomic E-state index is 0.311. The van der Waals surface area contributed by atoms with Crippen LogP contribution in [0.2, 0.25) is 5.02 Å². The summed E-state index contributed by atoms with van der Waals surface area (Å²) in [6.45, 7) is 3.99. The normalized spacial score (nSPS) is 27.5. The summed E-state index contributed by atoms with van der Waals surface area (Å²) in [5, 5.41) is 4.00. The van der Waals surface area contributed by atoms with Gasteiger partial charge in [0.1, 0.15) is 0 Å². The van der Waals surface area contributed by atoms with Gasteiger partial charge in [0, 0.05) is 24.2 Å². The van der Waals surface area contributed by atoms with E-state index in [2.05, 4.69) is 5.32 Å². The van der Waals surface area contributed by atoms with Gasteiger partial charge in [-0.25, -0.2) is 8.42 Å². The van der Waals surface area contributed by atoms with E-state index in [0.29, 0.717) is 40.5 Å². The third kappa shape index (κ3) is 2.48. The molecule has 2 heterocycles. The van der Waals surface area contributed by atoms with Crippen LogP contribution in [0.15, 0.2) is 23.1 Å². The highest BCUT2D eigenvalue weighted by molar-refractivity contribution is 7.89. The molecule has 110 valence electrons. The molecule has 1 N–H and O–H groups in total. The van der Waals surface area contributed by atoms with Crippen molar-refractivity contribution in [2.45, 2.75) is 30.7 Å². The molecule has 20 heavy (non-hydrogen) atoms. The maximum atomic E-state index is 12.8. The highest BCUT2D eigenvalue weighted by atomic mass is 35.5. The van der Waals surface area contributed by atoms with Crippen LogP contribution in [0.25, 0.3) is 0 Å². The largest absolute Gasteiger partial charge is 0.312 e. The highest BCUT2D eigenvalue weighted by Gasteiger charge is 2.40. The molecule has 6 heteroatoms. The summed E-state index contributed by atoms with van der Waals surface area (Å²) in [6, 6.07) is 5.27. The first-order valence-electron chi connectivity index (χ1n) is 6.98.